The number of hydrogen-bond acceptors (Lipinski definition) is 5. The molecule has 2 aromatic carbocycles. The summed E-state index contributed by atoms with van der Waals surface area (Å²) < 4.78 is 13.5. The van der Waals surface area contributed by atoms with E-state index < -0.39 is 0 Å². The minimum atomic E-state index is -0.224. The molecule has 5 rings (SSSR count). The summed E-state index contributed by atoms with van der Waals surface area (Å²) in [5.74, 6) is 1.40. The summed E-state index contributed by atoms with van der Waals surface area (Å²) in [5.41, 5.74) is 4.70. The number of ether oxygens (including phenoxy) is 2. The van der Waals surface area contributed by atoms with Crippen molar-refractivity contribution in [1.29, 1.82) is 0 Å². The van der Waals surface area contributed by atoms with Gasteiger partial charge in [0.1, 0.15) is 23.3 Å². The van der Waals surface area contributed by atoms with Gasteiger partial charge in [-0.1, -0.05) is 18.2 Å². The number of aromatic nitrogens is 3. The first kappa shape index (κ1) is 21.7. The average molecular weight is 455 g/mol. The fraction of sp³-hybridized carbons (Fsp3) is 0.222. The summed E-state index contributed by atoms with van der Waals surface area (Å²) in [6, 6.07) is 17.4. The molecule has 7 heteroatoms. The van der Waals surface area contributed by atoms with Crippen LogP contribution >= 0.6 is 0 Å². The molecule has 172 valence electrons. The van der Waals surface area contributed by atoms with Crippen molar-refractivity contribution in [2.24, 2.45) is 0 Å². The van der Waals surface area contributed by atoms with Crippen molar-refractivity contribution in [2.45, 2.75) is 32.9 Å². The molecule has 3 heterocycles. The summed E-state index contributed by atoms with van der Waals surface area (Å²) in [6.07, 6.45) is 6.16. The number of carbonyl (C=O) groups is 1. The third-order valence-electron chi connectivity index (χ3n) is 5.73. The topological polar surface area (TPSA) is 78.3 Å². The van der Waals surface area contributed by atoms with Gasteiger partial charge in [0.2, 0.25) is 0 Å². The first-order valence-electron chi connectivity index (χ1n) is 11.4. The summed E-state index contributed by atoms with van der Waals surface area (Å²) in [4.78, 5) is 17.6. The number of para-hydroxylation sites is 1. The van der Waals surface area contributed by atoms with E-state index in [2.05, 4.69) is 10.3 Å². The van der Waals surface area contributed by atoms with Crippen LogP contribution in [0.1, 0.15) is 35.3 Å². The van der Waals surface area contributed by atoms with Crippen LogP contribution in [-0.2, 0) is 13.0 Å². The molecule has 2 aromatic heterocycles. The molecule has 0 fully saturated rings. The van der Waals surface area contributed by atoms with Gasteiger partial charge in [-0.3, -0.25) is 9.78 Å². The molecule has 0 aliphatic carbocycles. The quantitative estimate of drug-likeness (QED) is 0.442. The van der Waals surface area contributed by atoms with E-state index in [1.165, 1.54) is 0 Å². The number of nitrogens with one attached hydrogen (secondary N) is 1. The maximum Gasteiger partial charge on any atom is 0.255 e. The minimum absolute atomic E-state index is 0.139. The summed E-state index contributed by atoms with van der Waals surface area (Å²) in [7, 11) is 0. The first-order valence-corrected chi connectivity index (χ1v) is 11.4. The van der Waals surface area contributed by atoms with Crippen molar-refractivity contribution in [2.75, 3.05) is 6.61 Å². The predicted octanol–water partition coefficient (Wildman–Crippen LogP) is 4.59. The Morgan fingerprint density at radius 3 is 2.82 bits per heavy atom. The highest BCUT2D eigenvalue weighted by atomic mass is 16.5. The Labute approximate surface area is 198 Å². The first-order chi connectivity index (χ1) is 16.6. The van der Waals surface area contributed by atoms with Crippen LogP contribution in [0.3, 0.4) is 0 Å². The van der Waals surface area contributed by atoms with Gasteiger partial charge in [0.25, 0.3) is 5.91 Å². The number of amides is 1. The Kier molecular flexibility index (Phi) is 5.99. The molecule has 1 aliphatic rings. The van der Waals surface area contributed by atoms with Gasteiger partial charge < -0.3 is 14.8 Å². The van der Waals surface area contributed by atoms with E-state index in [1.807, 2.05) is 68.4 Å². The normalized spacial score (nSPS) is 14.4. The lowest BCUT2D eigenvalue weighted by Gasteiger charge is -2.13. The van der Waals surface area contributed by atoms with Gasteiger partial charge >= 0.3 is 0 Å². The maximum atomic E-state index is 13.4. The van der Waals surface area contributed by atoms with Crippen LogP contribution in [0.25, 0.3) is 16.9 Å². The summed E-state index contributed by atoms with van der Waals surface area (Å²) in [5, 5.41) is 7.74. The fourth-order valence-corrected chi connectivity index (χ4v) is 4.15. The standard InChI is InChI=1S/C27H26N4O3/c1-3-33-24-13-20-12-18(2)34-25(20)14-21(24)16-29-27(32)23-17-31(22-9-5-4-6-10-22)30-26(23)19-8-7-11-28-15-19/h4-11,13-15,17-18H,3,12,16H2,1-2H3,(H,29,32)/t18-/m1/s1. The van der Waals surface area contributed by atoms with Crippen molar-refractivity contribution < 1.29 is 14.3 Å². The number of hydrogen-bond donors (Lipinski definition) is 1. The highest BCUT2D eigenvalue weighted by Gasteiger charge is 2.23. The van der Waals surface area contributed by atoms with Crippen molar-refractivity contribution in [1.82, 2.24) is 20.1 Å². The van der Waals surface area contributed by atoms with Crippen LogP contribution in [0.4, 0.5) is 0 Å². The molecule has 1 amide bonds. The molecule has 4 aromatic rings. The van der Waals surface area contributed by atoms with Crippen LogP contribution in [0, 0.1) is 0 Å². The zero-order chi connectivity index (χ0) is 23.5. The Morgan fingerprint density at radius 2 is 2.06 bits per heavy atom. The molecular formula is C27H26N4O3. The Balaban J connectivity index is 1.44. The second-order valence-electron chi connectivity index (χ2n) is 8.23. The van der Waals surface area contributed by atoms with E-state index in [4.69, 9.17) is 14.6 Å². The lowest BCUT2D eigenvalue weighted by atomic mass is 10.1. The van der Waals surface area contributed by atoms with Gasteiger partial charge in [0, 0.05) is 48.2 Å². The van der Waals surface area contributed by atoms with Crippen molar-refractivity contribution in [3.05, 3.63) is 89.9 Å². The lowest BCUT2D eigenvalue weighted by Crippen LogP contribution is -2.23. The van der Waals surface area contributed by atoms with Crippen molar-refractivity contribution >= 4 is 5.91 Å². The average Bonchev–Trinajstić information content (AvgIpc) is 3.47. The molecule has 34 heavy (non-hydrogen) atoms. The van der Waals surface area contributed by atoms with Crippen molar-refractivity contribution in [3.8, 4) is 28.4 Å². The van der Waals surface area contributed by atoms with Gasteiger partial charge in [-0.25, -0.2) is 4.68 Å². The number of rotatable bonds is 7. The minimum Gasteiger partial charge on any atom is -0.494 e. The Bertz CT molecular complexity index is 1300. The Hall–Kier alpha value is -4.13. The smallest absolute Gasteiger partial charge is 0.255 e. The Morgan fingerprint density at radius 1 is 1.21 bits per heavy atom. The van der Waals surface area contributed by atoms with E-state index in [-0.39, 0.29) is 12.0 Å². The third-order valence-corrected chi connectivity index (χ3v) is 5.73. The molecule has 1 atom stereocenters. The highest BCUT2D eigenvalue weighted by molar-refractivity contribution is 5.99. The van der Waals surface area contributed by atoms with Crippen molar-refractivity contribution in [3.63, 3.8) is 0 Å². The molecule has 0 saturated heterocycles. The highest BCUT2D eigenvalue weighted by Crippen LogP contribution is 2.35. The predicted molar refractivity (Wildman–Crippen MR) is 129 cm³/mol. The van der Waals surface area contributed by atoms with Gasteiger partial charge in [-0.2, -0.15) is 5.10 Å². The van der Waals surface area contributed by atoms with Crippen LogP contribution in [-0.4, -0.2) is 33.4 Å². The number of nitrogens with zero attached hydrogens (tertiary/aromatic N) is 3. The molecule has 0 bridgehead atoms. The van der Waals surface area contributed by atoms with Gasteiger partial charge in [-0.05, 0) is 50.2 Å². The van der Waals surface area contributed by atoms with Crippen LogP contribution in [0.15, 0.2) is 73.2 Å². The molecule has 0 saturated carbocycles. The number of fused-ring (bicyclic) bond motifs is 1. The third kappa shape index (κ3) is 4.37. The maximum absolute atomic E-state index is 13.4. The molecular weight excluding hydrogens is 428 g/mol. The zero-order valence-electron chi connectivity index (χ0n) is 19.2. The molecule has 1 N–H and O–H groups in total. The van der Waals surface area contributed by atoms with E-state index in [1.54, 1.807) is 23.3 Å². The molecule has 1 aliphatic heterocycles. The molecule has 7 nitrogen and oxygen atoms in total. The zero-order valence-corrected chi connectivity index (χ0v) is 19.2. The second-order valence-corrected chi connectivity index (χ2v) is 8.23. The molecule has 0 unspecified atom stereocenters. The monoisotopic (exact) mass is 454 g/mol. The number of benzene rings is 2. The largest absolute Gasteiger partial charge is 0.494 e. The van der Waals surface area contributed by atoms with E-state index in [9.17, 15) is 4.79 Å². The van der Waals surface area contributed by atoms with Crippen LogP contribution in [0.2, 0.25) is 0 Å². The molecule has 0 radical (unpaired) electrons. The number of pyridine rings is 1. The van der Waals surface area contributed by atoms with E-state index in [0.717, 1.165) is 40.3 Å². The lowest BCUT2D eigenvalue weighted by molar-refractivity contribution is 0.0951. The summed E-state index contributed by atoms with van der Waals surface area (Å²) >= 11 is 0. The SMILES string of the molecule is CCOc1cc2c(cc1CNC(=O)c1cn(-c3ccccc3)nc1-c1cccnc1)O[C@H](C)C2. The van der Waals surface area contributed by atoms with Gasteiger partial charge in [0.15, 0.2) is 0 Å². The van der Waals surface area contributed by atoms with Gasteiger partial charge in [0.05, 0.1) is 17.9 Å². The van der Waals surface area contributed by atoms with Crippen LogP contribution < -0.4 is 14.8 Å². The van der Waals surface area contributed by atoms with Crippen LogP contribution in [0.5, 0.6) is 11.5 Å². The van der Waals surface area contributed by atoms with Gasteiger partial charge in [-0.15, -0.1) is 0 Å². The molecule has 0 spiro atoms. The fourth-order valence-electron chi connectivity index (χ4n) is 4.15. The summed E-state index contributed by atoms with van der Waals surface area (Å²) in [6.45, 7) is 4.85. The van der Waals surface area contributed by atoms with E-state index >= 15 is 0 Å². The number of carbonyl (C=O) groups excluding carboxylic acids is 1. The van der Waals surface area contributed by atoms with E-state index in [0.29, 0.717) is 24.4 Å². The second kappa shape index (κ2) is 9.39.